The lowest BCUT2D eigenvalue weighted by molar-refractivity contribution is -0.143. The first kappa shape index (κ1) is 24.9. The number of nitrogens with two attached hydrogens (primary N) is 2. The molecule has 0 saturated carbocycles. The normalized spacial score (nSPS) is 10.3. The third kappa shape index (κ3) is 6.85. The number of para-hydroxylation sites is 1. The van der Waals surface area contributed by atoms with Crippen LogP contribution >= 0.6 is 12.4 Å². The lowest BCUT2D eigenvalue weighted by Gasteiger charge is -2.14. The molecule has 0 bridgehead atoms. The molecule has 1 aromatic heterocycles. The number of hydrogen-bond donors (Lipinski definition) is 2. The van der Waals surface area contributed by atoms with Gasteiger partial charge in [-0.15, -0.1) is 12.4 Å². The largest absolute Gasteiger partial charge is 0.493 e. The average Bonchev–Trinajstić information content (AvgIpc) is 2.76. The van der Waals surface area contributed by atoms with Gasteiger partial charge in [-0.2, -0.15) is 4.98 Å². The summed E-state index contributed by atoms with van der Waals surface area (Å²) in [6.07, 6.45) is 2.27. The van der Waals surface area contributed by atoms with Gasteiger partial charge in [0.25, 0.3) is 0 Å². The number of hydrogen-bond acceptors (Lipinski definition) is 7. The van der Waals surface area contributed by atoms with E-state index in [1.54, 1.807) is 6.92 Å². The fourth-order valence-corrected chi connectivity index (χ4v) is 3.38. The maximum absolute atomic E-state index is 11.5. The molecule has 7 nitrogen and oxygen atoms in total. The van der Waals surface area contributed by atoms with Crippen molar-refractivity contribution in [2.24, 2.45) is 0 Å². The van der Waals surface area contributed by atoms with Crippen molar-refractivity contribution in [3.63, 3.8) is 0 Å². The second kappa shape index (κ2) is 12.5. The molecule has 0 aliphatic carbocycles. The van der Waals surface area contributed by atoms with E-state index in [4.69, 9.17) is 20.9 Å². The molecular weight excluding hydrogens is 428 g/mol. The Balaban J connectivity index is 0.00000363. The Kier molecular flexibility index (Phi) is 9.76. The summed E-state index contributed by atoms with van der Waals surface area (Å²) in [6, 6.07) is 17.7. The van der Waals surface area contributed by atoms with Crippen LogP contribution in [0.4, 0.5) is 11.8 Å². The van der Waals surface area contributed by atoms with E-state index in [-0.39, 0.29) is 24.3 Å². The molecule has 0 fully saturated rings. The summed E-state index contributed by atoms with van der Waals surface area (Å²) in [7, 11) is 0. The minimum Gasteiger partial charge on any atom is -0.493 e. The van der Waals surface area contributed by atoms with Crippen LogP contribution in [-0.4, -0.2) is 29.2 Å². The molecule has 0 atom stereocenters. The van der Waals surface area contributed by atoms with Gasteiger partial charge in [-0.3, -0.25) is 4.79 Å². The molecule has 8 heteroatoms. The van der Waals surface area contributed by atoms with Gasteiger partial charge in [0.1, 0.15) is 11.6 Å². The second-order valence-electron chi connectivity index (χ2n) is 7.02. The van der Waals surface area contributed by atoms with Crippen molar-refractivity contribution < 1.29 is 14.3 Å². The Morgan fingerprint density at radius 2 is 1.69 bits per heavy atom. The number of rotatable bonds is 10. The Hall–Kier alpha value is -3.32. The van der Waals surface area contributed by atoms with Gasteiger partial charge in [0.2, 0.25) is 5.95 Å². The quantitative estimate of drug-likeness (QED) is 0.346. The average molecular weight is 457 g/mol. The summed E-state index contributed by atoms with van der Waals surface area (Å²) < 4.78 is 10.9. The monoisotopic (exact) mass is 456 g/mol. The van der Waals surface area contributed by atoms with E-state index in [1.807, 2.05) is 54.6 Å². The van der Waals surface area contributed by atoms with Gasteiger partial charge >= 0.3 is 5.97 Å². The Morgan fingerprint density at radius 3 is 2.44 bits per heavy atom. The zero-order chi connectivity index (χ0) is 22.1. The van der Waals surface area contributed by atoms with Crippen molar-refractivity contribution in [2.45, 2.75) is 32.6 Å². The maximum atomic E-state index is 11.5. The summed E-state index contributed by atoms with van der Waals surface area (Å²) in [5, 5.41) is 0. The van der Waals surface area contributed by atoms with Crippen LogP contribution in [0, 0.1) is 0 Å². The number of halogens is 1. The second-order valence-corrected chi connectivity index (χ2v) is 7.02. The molecule has 0 amide bonds. The number of nitrogens with zero attached hydrogens (tertiary/aromatic N) is 2. The van der Waals surface area contributed by atoms with Crippen LogP contribution in [0.1, 0.15) is 31.0 Å². The molecule has 2 aromatic carbocycles. The number of carbonyl (C=O) groups excluding carboxylic acids is 1. The molecule has 0 unspecified atom stereocenters. The number of carbonyl (C=O) groups is 1. The molecule has 0 saturated heterocycles. The van der Waals surface area contributed by atoms with E-state index in [1.165, 1.54) is 0 Å². The highest BCUT2D eigenvalue weighted by Crippen LogP contribution is 2.30. The van der Waals surface area contributed by atoms with Crippen LogP contribution in [0.15, 0.2) is 54.6 Å². The number of aryl methyl sites for hydroxylation is 2. The van der Waals surface area contributed by atoms with Crippen LogP contribution in [0.25, 0.3) is 11.1 Å². The fourth-order valence-electron chi connectivity index (χ4n) is 3.38. The first-order chi connectivity index (χ1) is 15.1. The molecule has 0 aliphatic rings. The molecule has 4 N–H and O–H groups in total. The summed E-state index contributed by atoms with van der Waals surface area (Å²) in [4.78, 5) is 20.1. The Labute approximate surface area is 194 Å². The lowest BCUT2D eigenvalue weighted by atomic mass is 9.99. The van der Waals surface area contributed by atoms with Crippen LogP contribution in [-0.2, 0) is 22.4 Å². The molecule has 0 radical (unpaired) electrons. The highest BCUT2D eigenvalue weighted by Gasteiger charge is 2.14. The SMILES string of the molecule is CCOC(=O)CCCOc1ccccc1CCc1nc(N)nc(N)c1-c1ccccc1.Cl. The number of ether oxygens (including phenoxy) is 2. The Morgan fingerprint density at radius 1 is 0.969 bits per heavy atom. The van der Waals surface area contributed by atoms with Crippen LogP contribution in [0.2, 0.25) is 0 Å². The molecule has 1 heterocycles. The minimum atomic E-state index is -0.202. The first-order valence-electron chi connectivity index (χ1n) is 10.4. The van der Waals surface area contributed by atoms with E-state index < -0.39 is 0 Å². The van der Waals surface area contributed by atoms with Crippen molar-refractivity contribution in [1.29, 1.82) is 0 Å². The standard InChI is InChI=1S/C24H28N4O3.ClH/c1-2-30-21(29)13-8-16-31-20-12-7-6-9-17(20)14-15-19-22(18-10-4-3-5-11-18)23(25)28-24(26)27-19;/h3-7,9-12H,2,8,13-16H2,1H3,(H4,25,26,27,28);1H. The van der Waals surface area contributed by atoms with Gasteiger partial charge in [-0.1, -0.05) is 48.5 Å². The van der Waals surface area contributed by atoms with Crippen molar-refractivity contribution in [3.8, 4) is 16.9 Å². The lowest BCUT2D eigenvalue weighted by Crippen LogP contribution is -2.09. The molecule has 3 aromatic rings. The van der Waals surface area contributed by atoms with Crippen molar-refractivity contribution >= 4 is 30.1 Å². The van der Waals surface area contributed by atoms with E-state index >= 15 is 0 Å². The van der Waals surface area contributed by atoms with Crippen molar-refractivity contribution in [1.82, 2.24) is 9.97 Å². The summed E-state index contributed by atoms with van der Waals surface area (Å²) >= 11 is 0. The van der Waals surface area contributed by atoms with Gasteiger partial charge in [-0.25, -0.2) is 4.98 Å². The molecule has 0 aliphatic heterocycles. The minimum absolute atomic E-state index is 0. The van der Waals surface area contributed by atoms with Crippen molar-refractivity contribution in [3.05, 3.63) is 65.9 Å². The number of aromatic nitrogens is 2. The third-order valence-electron chi connectivity index (χ3n) is 4.78. The first-order valence-corrected chi connectivity index (χ1v) is 10.4. The van der Waals surface area contributed by atoms with Gasteiger partial charge in [0.05, 0.1) is 18.9 Å². The predicted molar refractivity (Wildman–Crippen MR) is 129 cm³/mol. The molecule has 32 heavy (non-hydrogen) atoms. The van der Waals surface area contributed by atoms with Crippen LogP contribution < -0.4 is 16.2 Å². The zero-order valence-electron chi connectivity index (χ0n) is 18.1. The number of benzene rings is 2. The van der Waals surface area contributed by atoms with E-state index in [9.17, 15) is 4.79 Å². The highest BCUT2D eigenvalue weighted by atomic mass is 35.5. The third-order valence-corrected chi connectivity index (χ3v) is 4.78. The van der Waals surface area contributed by atoms with E-state index in [2.05, 4.69) is 9.97 Å². The van der Waals surface area contributed by atoms with Crippen molar-refractivity contribution in [2.75, 3.05) is 24.7 Å². The Bertz CT molecular complexity index is 1020. The molecule has 3 rings (SSSR count). The van der Waals surface area contributed by atoms with Crippen LogP contribution in [0.3, 0.4) is 0 Å². The van der Waals surface area contributed by atoms with Crippen LogP contribution in [0.5, 0.6) is 5.75 Å². The summed E-state index contributed by atoms with van der Waals surface area (Å²) in [5.74, 6) is 1.13. The molecular formula is C24H29ClN4O3. The van der Waals surface area contributed by atoms with Gasteiger partial charge < -0.3 is 20.9 Å². The topological polar surface area (TPSA) is 113 Å². The van der Waals surface area contributed by atoms with E-state index in [0.717, 1.165) is 28.1 Å². The van der Waals surface area contributed by atoms with Gasteiger partial charge in [0, 0.05) is 12.0 Å². The number of anilines is 2. The van der Waals surface area contributed by atoms with Gasteiger partial charge in [-0.05, 0) is 43.4 Å². The zero-order valence-corrected chi connectivity index (χ0v) is 18.9. The number of nitrogen functional groups attached to an aromatic ring is 2. The smallest absolute Gasteiger partial charge is 0.305 e. The number of esters is 1. The maximum Gasteiger partial charge on any atom is 0.305 e. The highest BCUT2D eigenvalue weighted by molar-refractivity contribution is 5.85. The van der Waals surface area contributed by atoms with E-state index in [0.29, 0.717) is 44.7 Å². The molecule has 170 valence electrons. The summed E-state index contributed by atoms with van der Waals surface area (Å²) in [5.41, 5.74) is 15.7. The molecule has 0 spiro atoms. The summed E-state index contributed by atoms with van der Waals surface area (Å²) in [6.45, 7) is 2.64. The fraction of sp³-hybridized carbons (Fsp3) is 0.292. The predicted octanol–water partition coefficient (Wildman–Crippen LogP) is 4.24. The van der Waals surface area contributed by atoms with Gasteiger partial charge in [0.15, 0.2) is 0 Å².